The van der Waals surface area contributed by atoms with E-state index in [-0.39, 0.29) is 12.5 Å². The Balaban J connectivity index is 1.53. The predicted molar refractivity (Wildman–Crippen MR) is 76.7 cm³/mol. The average molecular weight is 291 g/mol. The monoisotopic (exact) mass is 291 g/mol. The average Bonchev–Trinajstić information content (AvgIpc) is 2.89. The van der Waals surface area contributed by atoms with Crippen LogP contribution in [0.5, 0.6) is 5.75 Å². The Hall–Kier alpha value is -1.59. The number of likely N-dealkylation sites (tertiary alicyclic amines) is 1. The first-order valence-corrected chi connectivity index (χ1v) is 7.45. The number of carbonyl (C=O) groups is 1. The topological polar surface area (TPSA) is 70.0 Å². The quantitative estimate of drug-likeness (QED) is 0.858. The number of hydrogen-bond acceptors (Lipinski definition) is 4. The number of amides is 1. The van der Waals surface area contributed by atoms with Gasteiger partial charge in [-0.05, 0) is 36.8 Å². The van der Waals surface area contributed by atoms with Gasteiger partial charge in [-0.2, -0.15) is 0 Å². The van der Waals surface area contributed by atoms with E-state index in [4.69, 9.17) is 4.74 Å². The zero-order chi connectivity index (χ0) is 14.8. The zero-order valence-corrected chi connectivity index (χ0v) is 11.9. The summed E-state index contributed by atoms with van der Waals surface area (Å²) in [6.07, 6.45) is -0.145. The second-order valence-electron chi connectivity index (χ2n) is 6.03. The molecule has 21 heavy (non-hydrogen) atoms. The van der Waals surface area contributed by atoms with Crippen LogP contribution in [0.3, 0.4) is 0 Å². The summed E-state index contributed by atoms with van der Waals surface area (Å²) < 4.78 is 5.49. The summed E-state index contributed by atoms with van der Waals surface area (Å²) in [4.78, 5) is 14.0. The van der Waals surface area contributed by atoms with Crippen molar-refractivity contribution >= 4 is 5.91 Å². The fourth-order valence-corrected chi connectivity index (χ4v) is 3.36. The maximum absolute atomic E-state index is 12.2. The molecule has 0 aromatic heterocycles. The lowest BCUT2D eigenvalue weighted by Crippen LogP contribution is -2.38. The van der Waals surface area contributed by atoms with Crippen LogP contribution in [0, 0.1) is 11.8 Å². The van der Waals surface area contributed by atoms with E-state index in [0.29, 0.717) is 43.5 Å². The first kappa shape index (κ1) is 14.4. The van der Waals surface area contributed by atoms with Crippen LogP contribution in [0.15, 0.2) is 30.3 Å². The number of carbonyl (C=O) groups excluding carboxylic acids is 1. The minimum absolute atomic E-state index is 0.0303. The molecule has 2 N–H and O–H groups in total. The predicted octanol–water partition coefficient (Wildman–Crippen LogP) is 0.656. The van der Waals surface area contributed by atoms with Gasteiger partial charge in [-0.15, -0.1) is 0 Å². The Bertz CT molecular complexity index is 474. The summed E-state index contributed by atoms with van der Waals surface area (Å²) in [5, 5.41) is 19.4. The van der Waals surface area contributed by atoms with Gasteiger partial charge in [-0.3, -0.25) is 4.79 Å². The normalized spacial score (nSPS) is 31.8. The Kier molecular flexibility index (Phi) is 4.12. The number of ether oxygens (including phenoxy) is 1. The number of para-hydroxylation sites is 1. The van der Waals surface area contributed by atoms with Crippen LogP contribution in [0.2, 0.25) is 0 Å². The molecular formula is C16H21NO4. The van der Waals surface area contributed by atoms with Gasteiger partial charge in [0.2, 0.25) is 0 Å². The smallest absolute Gasteiger partial charge is 0.260 e. The van der Waals surface area contributed by atoms with Crippen molar-refractivity contribution in [2.45, 2.75) is 25.0 Å². The molecule has 2 aliphatic rings. The lowest BCUT2D eigenvalue weighted by Gasteiger charge is -2.31. The number of fused-ring (bicyclic) bond motifs is 1. The molecule has 0 spiro atoms. The summed E-state index contributed by atoms with van der Waals surface area (Å²) in [5.74, 6) is 1.25. The minimum Gasteiger partial charge on any atom is -0.484 e. The van der Waals surface area contributed by atoms with E-state index in [1.165, 1.54) is 0 Å². The molecule has 5 nitrogen and oxygen atoms in total. The minimum atomic E-state index is -0.651. The summed E-state index contributed by atoms with van der Waals surface area (Å²) in [7, 11) is 0. The molecule has 0 unspecified atom stereocenters. The molecule has 1 aliphatic heterocycles. The highest BCUT2D eigenvalue weighted by Crippen LogP contribution is 2.36. The van der Waals surface area contributed by atoms with Crippen molar-refractivity contribution in [2.24, 2.45) is 11.8 Å². The molecule has 1 aromatic carbocycles. The van der Waals surface area contributed by atoms with Gasteiger partial charge < -0.3 is 19.8 Å². The van der Waals surface area contributed by atoms with Crippen molar-refractivity contribution in [2.75, 3.05) is 19.7 Å². The van der Waals surface area contributed by atoms with Crippen LogP contribution in [0.4, 0.5) is 0 Å². The van der Waals surface area contributed by atoms with Gasteiger partial charge in [-0.1, -0.05) is 18.2 Å². The molecule has 4 atom stereocenters. The Morgan fingerprint density at radius 3 is 2.24 bits per heavy atom. The second kappa shape index (κ2) is 6.03. The Labute approximate surface area is 124 Å². The molecule has 1 amide bonds. The van der Waals surface area contributed by atoms with Crippen molar-refractivity contribution in [3.05, 3.63) is 30.3 Å². The van der Waals surface area contributed by atoms with Gasteiger partial charge in [0.05, 0.1) is 12.2 Å². The first-order valence-electron chi connectivity index (χ1n) is 7.45. The Morgan fingerprint density at radius 2 is 1.67 bits per heavy atom. The van der Waals surface area contributed by atoms with Gasteiger partial charge >= 0.3 is 0 Å². The molecule has 1 saturated heterocycles. The number of nitrogens with zero attached hydrogens (tertiary/aromatic N) is 1. The molecule has 114 valence electrons. The van der Waals surface area contributed by atoms with Crippen molar-refractivity contribution in [3.8, 4) is 5.75 Å². The molecule has 1 aromatic rings. The van der Waals surface area contributed by atoms with E-state index in [1.807, 2.05) is 30.3 Å². The third kappa shape index (κ3) is 3.19. The van der Waals surface area contributed by atoms with Gasteiger partial charge in [-0.25, -0.2) is 0 Å². The number of aliphatic hydroxyl groups is 2. The van der Waals surface area contributed by atoms with Gasteiger partial charge in [0, 0.05) is 13.1 Å². The van der Waals surface area contributed by atoms with Gasteiger partial charge in [0.25, 0.3) is 5.91 Å². The number of benzene rings is 1. The van der Waals surface area contributed by atoms with Crippen LogP contribution < -0.4 is 4.74 Å². The highest BCUT2D eigenvalue weighted by atomic mass is 16.5. The number of aliphatic hydroxyl groups excluding tert-OH is 2. The third-order valence-corrected chi connectivity index (χ3v) is 4.57. The number of rotatable bonds is 3. The molecule has 3 rings (SSSR count). The van der Waals surface area contributed by atoms with E-state index in [9.17, 15) is 15.0 Å². The number of hydrogen-bond donors (Lipinski definition) is 2. The molecule has 5 heteroatoms. The fourth-order valence-electron chi connectivity index (χ4n) is 3.36. The van der Waals surface area contributed by atoms with E-state index in [0.717, 1.165) is 0 Å². The van der Waals surface area contributed by atoms with Crippen molar-refractivity contribution in [3.63, 3.8) is 0 Å². The van der Waals surface area contributed by atoms with Crippen LogP contribution in [-0.2, 0) is 4.79 Å². The highest BCUT2D eigenvalue weighted by molar-refractivity contribution is 5.78. The maximum atomic E-state index is 12.2. The Morgan fingerprint density at radius 1 is 1.10 bits per heavy atom. The molecule has 2 fully saturated rings. The van der Waals surface area contributed by atoms with Gasteiger partial charge in [0.15, 0.2) is 6.61 Å². The molecule has 1 saturated carbocycles. The van der Waals surface area contributed by atoms with Gasteiger partial charge in [0.1, 0.15) is 5.75 Å². The van der Waals surface area contributed by atoms with Crippen molar-refractivity contribution in [1.29, 1.82) is 0 Å². The van der Waals surface area contributed by atoms with E-state index >= 15 is 0 Å². The molecule has 0 radical (unpaired) electrons. The third-order valence-electron chi connectivity index (χ3n) is 4.57. The van der Waals surface area contributed by atoms with E-state index in [1.54, 1.807) is 4.90 Å². The highest BCUT2D eigenvalue weighted by Gasteiger charge is 2.42. The van der Waals surface area contributed by atoms with Crippen molar-refractivity contribution in [1.82, 2.24) is 4.90 Å². The zero-order valence-electron chi connectivity index (χ0n) is 11.9. The molecular weight excluding hydrogens is 270 g/mol. The maximum Gasteiger partial charge on any atom is 0.260 e. The lowest BCUT2D eigenvalue weighted by atomic mass is 9.79. The van der Waals surface area contributed by atoms with Crippen LogP contribution in [0.1, 0.15) is 12.8 Å². The standard InChI is InChI=1S/C16H21NO4/c18-14-6-11-8-17(9-12(11)7-15(14)19)16(20)10-21-13-4-2-1-3-5-13/h1-5,11-12,14-15,18-19H,6-10H2/t11-,12+,14-,15-/m0/s1. The van der Waals surface area contributed by atoms with Crippen LogP contribution >= 0.6 is 0 Å². The lowest BCUT2D eigenvalue weighted by molar-refractivity contribution is -0.132. The summed E-state index contributed by atoms with van der Waals surface area (Å²) in [6, 6.07) is 9.28. The first-order chi connectivity index (χ1) is 10.1. The van der Waals surface area contributed by atoms with E-state index in [2.05, 4.69) is 0 Å². The fraction of sp³-hybridized carbons (Fsp3) is 0.562. The largest absolute Gasteiger partial charge is 0.484 e. The van der Waals surface area contributed by atoms with Crippen LogP contribution in [-0.4, -0.2) is 52.9 Å². The van der Waals surface area contributed by atoms with E-state index < -0.39 is 12.2 Å². The summed E-state index contributed by atoms with van der Waals surface area (Å²) in [6.45, 7) is 1.35. The second-order valence-corrected chi connectivity index (χ2v) is 6.03. The summed E-state index contributed by atoms with van der Waals surface area (Å²) >= 11 is 0. The SMILES string of the molecule is O=C(COc1ccccc1)N1C[C@H]2C[C@H](O)[C@@H](O)C[C@H]2C1. The molecule has 1 heterocycles. The molecule has 1 aliphatic carbocycles. The summed E-state index contributed by atoms with van der Waals surface area (Å²) in [5.41, 5.74) is 0. The van der Waals surface area contributed by atoms with Crippen LogP contribution in [0.25, 0.3) is 0 Å². The van der Waals surface area contributed by atoms with Crippen molar-refractivity contribution < 1.29 is 19.7 Å². The molecule has 0 bridgehead atoms.